The molecule has 2 amide bonds. The Morgan fingerprint density at radius 3 is 2.53 bits per heavy atom. The van der Waals surface area contributed by atoms with Crippen molar-refractivity contribution in [2.24, 2.45) is 0 Å². The van der Waals surface area contributed by atoms with Gasteiger partial charge in [0.2, 0.25) is 5.91 Å². The van der Waals surface area contributed by atoms with Gasteiger partial charge < -0.3 is 15.0 Å². The summed E-state index contributed by atoms with van der Waals surface area (Å²) in [6.45, 7) is 4.36. The number of ether oxygens (including phenoxy) is 1. The molecule has 1 N–H and O–H groups in total. The van der Waals surface area contributed by atoms with Crippen LogP contribution in [0.4, 0.5) is 0 Å². The summed E-state index contributed by atoms with van der Waals surface area (Å²) in [6.07, 6.45) is 0.822. The Kier molecular flexibility index (Phi) is 8.53. The van der Waals surface area contributed by atoms with Crippen LogP contribution in [0, 0.1) is 0 Å². The molecule has 3 aromatic rings. The number of hydrogen-bond donors (Lipinski definition) is 1. The van der Waals surface area contributed by atoms with Crippen LogP contribution >= 0.6 is 27.5 Å². The summed E-state index contributed by atoms with van der Waals surface area (Å²) in [6, 6.07) is 18.3. The number of carbonyl (C=O) groups excluding carboxylic acids is 2. The molecule has 0 saturated heterocycles. The normalized spacial score (nSPS) is 11.8. The van der Waals surface area contributed by atoms with Crippen LogP contribution in [-0.2, 0) is 16.1 Å². The van der Waals surface area contributed by atoms with E-state index >= 15 is 0 Å². The third kappa shape index (κ3) is 6.02. The molecule has 168 valence electrons. The van der Waals surface area contributed by atoms with E-state index in [2.05, 4.69) is 21.2 Å². The Labute approximate surface area is 201 Å². The van der Waals surface area contributed by atoms with Crippen LogP contribution in [0.15, 0.2) is 65.1 Å². The van der Waals surface area contributed by atoms with E-state index < -0.39 is 6.04 Å². The molecule has 0 unspecified atom stereocenters. The predicted molar refractivity (Wildman–Crippen MR) is 132 cm³/mol. The molecule has 32 heavy (non-hydrogen) atoms. The van der Waals surface area contributed by atoms with Gasteiger partial charge in [0, 0.05) is 18.1 Å². The van der Waals surface area contributed by atoms with Crippen molar-refractivity contribution >= 4 is 50.1 Å². The van der Waals surface area contributed by atoms with Gasteiger partial charge in [0.05, 0.1) is 4.47 Å². The highest BCUT2D eigenvalue weighted by Gasteiger charge is 2.26. The number of halogens is 2. The van der Waals surface area contributed by atoms with Crippen molar-refractivity contribution in [3.63, 3.8) is 0 Å². The third-order valence-corrected chi connectivity index (χ3v) is 6.23. The molecule has 0 saturated carbocycles. The number of nitrogens with one attached hydrogen (secondary N) is 1. The van der Waals surface area contributed by atoms with Gasteiger partial charge in [-0.2, -0.15) is 0 Å². The van der Waals surface area contributed by atoms with Gasteiger partial charge >= 0.3 is 0 Å². The molecular weight excluding hydrogens is 492 g/mol. The second-order valence-electron chi connectivity index (χ2n) is 7.50. The van der Waals surface area contributed by atoms with Gasteiger partial charge in [0.15, 0.2) is 6.61 Å². The van der Waals surface area contributed by atoms with Crippen molar-refractivity contribution < 1.29 is 14.3 Å². The molecule has 0 aliphatic carbocycles. The smallest absolute Gasteiger partial charge is 0.261 e. The van der Waals surface area contributed by atoms with E-state index in [0.717, 1.165) is 27.2 Å². The quantitative estimate of drug-likeness (QED) is 0.403. The monoisotopic (exact) mass is 516 g/mol. The minimum atomic E-state index is -0.645. The lowest BCUT2D eigenvalue weighted by molar-refractivity contribution is -0.142. The van der Waals surface area contributed by atoms with Gasteiger partial charge in [-0.15, -0.1) is 0 Å². The maximum atomic E-state index is 13.2. The Balaban J connectivity index is 1.77. The Morgan fingerprint density at radius 2 is 1.81 bits per heavy atom. The van der Waals surface area contributed by atoms with Crippen molar-refractivity contribution in [3.8, 4) is 5.75 Å². The van der Waals surface area contributed by atoms with Crippen LogP contribution in [-0.4, -0.2) is 35.9 Å². The van der Waals surface area contributed by atoms with Crippen LogP contribution in [0.5, 0.6) is 5.75 Å². The Bertz CT molecular complexity index is 1090. The first-order valence-corrected chi connectivity index (χ1v) is 11.7. The molecule has 0 aliphatic rings. The molecule has 0 spiro atoms. The van der Waals surface area contributed by atoms with Crippen LogP contribution in [0.3, 0.4) is 0 Å². The standard InChI is InChI=1S/C25H26BrClN2O3/c1-3-14-28-25(31)17(2)29(15-18-8-11-20(27)12-9-18)23(30)16-32-22-13-10-19-6-4-5-7-21(19)24(22)26/h4-13,17H,3,14-16H2,1-2H3,(H,28,31)/t17-/m0/s1. The van der Waals surface area contributed by atoms with E-state index in [1.807, 2.05) is 55.5 Å². The molecule has 5 nitrogen and oxygen atoms in total. The lowest BCUT2D eigenvalue weighted by atomic mass is 10.1. The first-order valence-electron chi connectivity index (χ1n) is 10.5. The highest BCUT2D eigenvalue weighted by Crippen LogP contribution is 2.33. The first-order chi connectivity index (χ1) is 15.4. The number of amides is 2. The summed E-state index contributed by atoms with van der Waals surface area (Å²) in [4.78, 5) is 27.3. The number of carbonyl (C=O) groups is 2. The highest BCUT2D eigenvalue weighted by atomic mass is 79.9. The average Bonchev–Trinajstić information content (AvgIpc) is 2.81. The molecule has 1 atom stereocenters. The third-order valence-electron chi connectivity index (χ3n) is 5.16. The summed E-state index contributed by atoms with van der Waals surface area (Å²) in [5, 5.41) is 5.55. The summed E-state index contributed by atoms with van der Waals surface area (Å²) < 4.78 is 6.66. The van der Waals surface area contributed by atoms with Gasteiger partial charge in [-0.25, -0.2) is 0 Å². The van der Waals surface area contributed by atoms with E-state index in [9.17, 15) is 9.59 Å². The van der Waals surface area contributed by atoms with Crippen LogP contribution in [0.1, 0.15) is 25.8 Å². The Morgan fingerprint density at radius 1 is 1.09 bits per heavy atom. The van der Waals surface area contributed by atoms with E-state index in [1.165, 1.54) is 4.90 Å². The lowest BCUT2D eigenvalue weighted by Gasteiger charge is -2.29. The lowest BCUT2D eigenvalue weighted by Crippen LogP contribution is -2.49. The van der Waals surface area contributed by atoms with E-state index in [0.29, 0.717) is 17.3 Å². The molecule has 0 radical (unpaired) electrons. The summed E-state index contributed by atoms with van der Waals surface area (Å²) in [7, 11) is 0. The largest absolute Gasteiger partial charge is 0.483 e. The minimum Gasteiger partial charge on any atom is -0.483 e. The molecule has 3 rings (SSSR count). The van der Waals surface area contributed by atoms with Crippen molar-refractivity contribution in [3.05, 3.63) is 75.7 Å². The van der Waals surface area contributed by atoms with Crippen molar-refractivity contribution in [2.45, 2.75) is 32.9 Å². The summed E-state index contributed by atoms with van der Waals surface area (Å²) >= 11 is 9.57. The Hall–Kier alpha value is -2.57. The molecule has 7 heteroatoms. The van der Waals surface area contributed by atoms with E-state index in [-0.39, 0.29) is 25.0 Å². The second kappa shape index (κ2) is 11.3. The number of benzene rings is 3. The zero-order chi connectivity index (χ0) is 23.1. The predicted octanol–water partition coefficient (Wildman–Crippen LogP) is 5.58. The van der Waals surface area contributed by atoms with Crippen molar-refractivity contribution in [2.75, 3.05) is 13.2 Å². The molecular formula is C25H26BrClN2O3. The van der Waals surface area contributed by atoms with Crippen molar-refractivity contribution in [1.29, 1.82) is 0 Å². The van der Waals surface area contributed by atoms with Crippen molar-refractivity contribution in [1.82, 2.24) is 10.2 Å². The van der Waals surface area contributed by atoms with Gasteiger partial charge in [-0.3, -0.25) is 9.59 Å². The SMILES string of the molecule is CCCNC(=O)[C@H](C)N(Cc1ccc(Cl)cc1)C(=O)COc1ccc2ccccc2c1Br. The number of nitrogens with zero attached hydrogens (tertiary/aromatic N) is 1. The number of hydrogen-bond acceptors (Lipinski definition) is 3. The average molecular weight is 518 g/mol. The number of fused-ring (bicyclic) bond motifs is 1. The minimum absolute atomic E-state index is 0.185. The van der Waals surface area contributed by atoms with E-state index in [1.54, 1.807) is 19.1 Å². The van der Waals surface area contributed by atoms with Gasteiger partial charge in [0.1, 0.15) is 11.8 Å². The second-order valence-corrected chi connectivity index (χ2v) is 8.73. The molecule has 0 heterocycles. The highest BCUT2D eigenvalue weighted by molar-refractivity contribution is 9.10. The topological polar surface area (TPSA) is 58.6 Å². The van der Waals surface area contributed by atoms with Gasteiger partial charge in [-0.05, 0) is 63.8 Å². The van der Waals surface area contributed by atoms with Gasteiger partial charge in [-0.1, -0.05) is 61.0 Å². The zero-order valence-electron chi connectivity index (χ0n) is 18.1. The van der Waals surface area contributed by atoms with Crippen LogP contribution in [0.2, 0.25) is 5.02 Å². The fourth-order valence-electron chi connectivity index (χ4n) is 3.31. The maximum Gasteiger partial charge on any atom is 0.261 e. The molecule has 0 aliphatic heterocycles. The summed E-state index contributed by atoms with van der Waals surface area (Å²) in [5.41, 5.74) is 0.879. The molecule has 0 fully saturated rings. The fourth-order valence-corrected chi connectivity index (χ4v) is 4.05. The molecule has 0 bridgehead atoms. The summed E-state index contributed by atoms with van der Waals surface area (Å²) in [5.74, 6) is 0.104. The van der Waals surface area contributed by atoms with Gasteiger partial charge in [0.25, 0.3) is 5.91 Å². The van der Waals surface area contributed by atoms with Crippen LogP contribution < -0.4 is 10.1 Å². The zero-order valence-corrected chi connectivity index (χ0v) is 20.4. The van der Waals surface area contributed by atoms with Crippen LogP contribution in [0.25, 0.3) is 10.8 Å². The maximum absolute atomic E-state index is 13.2. The molecule has 0 aromatic heterocycles. The fraction of sp³-hybridized carbons (Fsp3) is 0.280. The van der Waals surface area contributed by atoms with E-state index in [4.69, 9.17) is 16.3 Å². The first kappa shape index (κ1) is 24.1. The molecule has 3 aromatic carbocycles. The number of rotatable bonds is 9.